The molecule has 2 aromatic carbocycles. The van der Waals surface area contributed by atoms with Crippen LogP contribution < -0.4 is 14.8 Å². The number of anilines is 1. The minimum atomic E-state index is -0.239. The Hall–Kier alpha value is -3.79. The molecule has 2 heterocycles. The summed E-state index contributed by atoms with van der Waals surface area (Å²) >= 11 is 1.09. The molecule has 4 rings (SSSR count). The second-order valence-corrected chi connectivity index (χ2v) is 7.90. The molecule has 0 saturated heterocycles. The molecule has 164 valence electrons. The normalized spacial score (nSPS) is 10.8. The molecule has 0 fully saturated rings. The molecule has 1 amide bonds. The maximum atomic E-state index is 12.6. The SMILES string of the molecule is COc1ccc(OC)c(-n2nnc(-c3nsc(NC(=O)c4ccc(C)c(C)c4)n3)c2C)c1. The van der Waals surface area contributed by atoms with Crippen LogP contribution >= 0.6 is 11.5 Å². The molecule has 0 atom stereocenters. The topological polar surface area (TPSA) is 104 Å². The van der Waals surface area contributed by atoms with Crippen molar-refractivity contribution in [1.82, 2.24) is 24.4 Å². The molecule has 1 N–H and O–H groups in total. The number of carbonyl (C=O) groups excluding carboxylic acids is 1. The average molecular weight is 451 g/mol. The number of aromatic nitrogens is 5. The minimum Gasteiger partial charge on any atom is -0.497 e. The Morgan fingerprint density at radius 2 is 1.84 bits per heavy atom. The number of benzene rings is 2. The van der Waals surface area contributed by atoms with Crippen LogP contribution in [-0.4, -0.2) is 44.5 Å². The van der Waals surface area contributed by atoms with Crippen LogP contribution in [0.5, 0.6) is 11.5 Å². The Balaban J connectivity index is 1.60. The van der Waals surface area contributed by atoms with Crippen molar-refractivity contribution in [2.45, 2.75) is 20.8 Å². The zero-order valence-corrected chi connectivity index (χ0v) is 19.1. The lowest BCUT2D eigenvalue weighted by Crippen LogP contribution is -2.12. The Bertz CT molecular complexity index is 1300. The second-order valence-electron chi connectivity index (χ2n) is 7.15. The summed E-state index contributed by atoms with van der Waals surface area (Å²) in [6.45, 7) is 5.84. The lowest BCUT2D eigenvalue weighted by molar-refractivity contribution is 0.102. The number of nitrogens with zero attached hydrogens (tertiary/aromatic N) is 5. The highest BCUT2D eigenvalue weighted by atomic mass is 32.1. The largest absolute Gasteiger partial charge is 0.497 e. The summed E-state index contributed by atoms with van der Waals surface area (Å²) in [5.41, 5.74) is 4.67. The molecular weight excluding hydrogens is 428 g/mol. The molecule has 32 heavy (non-hydrogen) atoms. The van der Waals surface area contributed by atoms with Gasteiger partial charge in [0.15, 0.2) is 11.5 Å². The summed E-state index contributed by atoms with van der Waals surface area (Å²) in [5.74, 6) is 1.44. The van der Waals surface area contributed by atoms with Gasteiger partial charge in [0.25, 0.3) is 5.91 Å². The van der Waals surface area contributed by atoms with Crippen molar-refractivity contribution in [1.29, 1.82) is 0 Å². The first-order valence-electron chi connectivity index (χ1n) is 9.78. The first kappa shape index (κ1) is 21.4. The Morgan fingerprint density at radius 1 is 1.03 bits per heavy atom. The molecule has 9 nitrogen and oxygen atoms in total. The maximum absolute atomic E-state index is 12.6. The molecule has 0 aliphatic heterocycles. The lowest BCUT2D eigenvalue weighted by atomic mass is 10.1. The molecule has 0 saturated carbocycles. The van der Waals surface area contributed by atoms with E-state index >= 15 is 0 Å². The van der Waals surface area contributed by atoms with Crippen molar-refractivity contribution < 1.29 is 14.3 Å². The fourth-order valence-corrected chi connectivity index (χ4v) is 3.72. The fourth-order valence-electron chi connectivity index (χ4n) is 3.15. The van der Waals surface area contributed by atoms with Crippen LogP contribution in [0, 0.1) is 20.8 Å². The number of aryl methyl sites for hydroxylation is 2. The van der Waals surface area contributed by atoms with Crippen LogP contribution in [0.4, 0.5) is 5.13 Å². The summed E-state index contributed by atoms with van der Waals surface area (Å²) < 4.78 is 16.8. The molecule has 0 unspecified atom stereocenters. The summed E-state index contributed by atoms with van der Waals surface area (Å²) in [5, 5.41) is 11.7. The van der Waals surface area contributed by atoms with E-state index in [1.165, 1.54) is 0 Å². The summed E-state index contributed by atoms with van der Waals surface area (Å²) in [7, 11) is 3.18. The average Bonchev–Trinajstić information content (AvgIpc) is 3.41. The van der Waals surface area contributed by atoms with E-state index in [0.717, 1.165) is 28.4 Å². The van der Waals surface area contributed by atoms with Crippen LogP contribution in [0.25, 0.3) is 17.2 Å². The Morgan fingerprint density at radius 3 is 2.56 bits per heavy atom. The van der Waals surface area contributed by atoms with Crippen molar-refractivity contribution >= 4 is 22.6 Å². The van der Waals surface area contributed by atoms with Crippen LogP contribution in [0.15, 0.2) is 36.4 Å². The van der Waals surface area contributed by atoms with Crippen molar-refractivity contribution in [3.05, 3.63) is 58.8 Å². The van der Waals surface area contributed by atoms with Crippen LogP contribution in [0.1, 0.15) is 27.2 Å². The number of nitrogens with one attached hydrogen (secondary N) is 1. The third kappa shape index (κ3) is 4.04. The van der Waals surface area contributed by atoms with Crippen LogP contribution in [0.2, 0.25) is 0 Å². The predicted octanol–water partition coefficient (Wildman–Crippen LogP) is 3.98. The van der Waals surface area contributed by atoms with E-state index in [1.54, 1.807) is 31.0 Å². The van der Waals surface area contributed by atoms with E-state index in [9.17, 15) is 4.79 Å². The van der Waals surface area contributed by atoms with Gasteiger partial charge in [-0.15, -0.1) is 5.10 Å². The van der Waals surface area contributed by atoms with Gasteiger partial charge in [0.05, 0.1) is 19.9 Å². The smallest absolute Gasteiger partial charge is 0.257 e. The molecule has 0 radical (unpaired) electrons. The molecule has 0 aliphatic carbocycles. The van der Waals surface area contributed by atoms with Gasteiger partial charge in [0, 0.05) is 23.2 Å². The van der Waals surface area contributed by atoms with Gasteiger partial charge in [-0.05, 0) is 56.2 Å². The van der Waals surface area contributed by atoms with E-state index < -0.39 is 0 Å². The van der Waals surface area contributed by atoms with Gasteiger partial charge in [0.1, 0.15) is 17.2 Å². The second kappa shape index (κ2) is 8.75. The number of ether oxygens (including phenoxy) is 2. The maximum Gasteiger partial charge on any atom is 0.257 e. The van der Waals surface area contributed by atoms with Gasteiger partial charge in [-0.3, -0.25) is 10.1 Å². The number of hydrogen-bond acceptors (Lipinski definition) is 8. The van der Waals surface area contributed by atoms with Crippen molar-refractivity contribution in [3.63, 3.8) is 0 Å². The van der Waals surface area contributed by atoms with Crippen LogP contribution in [-0.2, 0) is 0 Å². The summed E-state index contributed by atoms with van der Waals surface area (Å²) in [6.07, 6.45) is 0. The first-order chi connectivity index (χ1) is 15.4. The van der Waals surface area contributed by atoms with Crippen molar-refractivity contribution in [2.75, 3.05) is 19.5 Å². The highest BCUT2D eigenvalue weighted by molar-refractivity contribution is 7.10. The minimum absolute atomic E-state index is 0.239. The van der Waals surface area contributed by atoms with Crippen molar-refractivity contribution in [3.8, 4) is 28.7 Å². The van der Waals surface area contributed by atoms with Gasteiger partial charge in [0.2, 0.25) is 5.13 Å². The highest BCUT2D eigenvalue weighted by Crippen LogP contribution is 2.30. The molecule has 0 spiro atoms. The van der Waals surface area contributed by atoms with E-state index in [2.05, 4.69) is 25.0 Å². The first-order valence-corrected chi connectivity index (χ1v) is 10.6. The molecule has 10 heteroatoms. The van der Waals surface area contributed by atoms with E-state index in [0.29, 0.717) is 39.4 Å². The lowest BCUT2D eigenvalue weighted by Gasteiger charge is -2.11. The number of carbonyl (C=O) groups is 1. The number of rotatable bonds is 6. The van der Waals surface area contributed by atoms with Crippen LogP contribution in [0.3, 0.4) is 0 Å². The van der Waals surface area contributed by atoms with Gasteiger partial charge in [-0.25, -0.2) is 4.68 Å². The molecular formula is C22H22N6O3S. The highest BCUT2D eigenvalue weighted by Gasteiger charge is 2.20. The number of amides is 1. The van der Waals surface area contributed by atoms with Gasteiger partial charge >= 0.3 is 0 Å². The standard InChI is InChI=1S/C22H22N6O3S/c1-12-6-7-15(10-13(12)2)21(29)24-22-23-20(26-32-22)19-14(3)28(27-25-19)17-11-16(30-4)8-9-18(17)31-5/h6-11H,1-5H3,(H,23,24,26,29). The third-order valence-corrected chi connectivity index (χ3v) is 5.77. The Kier molecular flexibility index (Phi) is 5.87. The summed E-state index contributed by atoms with van der Waals surface area (Å²) in [4.78, 5) is 17.0. The van der Waals surface area contributed by atoms with Gasteiger partial charge in [-0.2, -0.15) is 9.36 Å². The van der Waals surface area contributed by atoms with E-state index in [4.69, 9.17) is 9.47 Å². The van der Waals surface area contributed by atoms with Gasteiger partial charge in [-0.1, -0.05) is 11.3 Å². The van der Waals surface area contributed by atoms with Gasteiger partial charge < -0.3 is 9.47 Å². The van der Waals surface area contributed by atoms with E-state index in [1.807, 2.05) is 45.0 Å². The number of methoxy groups -OCH3 is 2. The van der Waals surface area contributed by atoms with E-state index in [-0.39, 0.29) is 5.91 Å². The molecule has 2 aromatic heterocycles. The third-order valence-electron chi connectivity index (χ3n) is 5.14. The zero-order valence-electron chi connectivity index (χ0n) is 18.3. The Labute approximate surface area is 189 Å². The fraction of sp³-hybridized carbons (Fsp3) is 0.227. The van der Waals surface area contributed by atoms with Crippen molar-refractivity contribution in [2.24, 2.45) is 0 Å². The predicted molar refractivity (Wildman–Crippen MR) is 122 cm³/mol. The molecule has 4 aromatic rings. The quantitative estimate of drug-likeness (QED) is 0.474. The molecule has 0 bridgehead atoms. The zero-order chi connectivity index (χ0) is 22.8. The molecule has 0 aliphatic rings. The number of hydrogen-bond donors (Lipinski definition) is 1. The summed E-state index contributed by atoms with van der Waals surface area (Å²) in [6, 6.07) is 11.0. The monoisotopic (exact) mass is 450 g/mol.